The summed E-state index contributed by atoms with van der Waals surface area (Å²) in [7, 11) is 6.18. The van der Waals surface area contributed by atoms with E-state index in [9.17, 15) is 4.79 Å². The molecule has 0 radical (unpaired) electrons. The lowest BCUT2D eigenvalue weighted by molar-refractivity contribution is 0.0951. The highest BCUT2D eigenvalue weighted by Gasteiger charge is 2.24. The molecule has 0 unspecified atom stereocenters. The average molecular weight is 408 g/mol. The summed E-state index contributed by atoms with van der Waals surface area (Å²) in [5, 5.41) is 3.05. The van der Waals surface area contributed by atoms with Gasteiger partial charge in [-0.1, -0.05) is 6.07 Å². The fraction of sp³-hybridized carbons (Fsp3) is 0.455. The maximum Gasteiger partial charge on any atom is 0.251 e. The van der Waals surface area contributed by atoms with Crippen molar-refractivity contribution in [1.82, 2.24) is 29.7 Å². The van der Waals surface area contributed by atoms with E-state index < -0.39 is 0 Å². The first-order valence-corrected chi connectivity index (χ1v) is 10.4. The molecule has 1 fully saturated rings. The van der Waals surface area contributed by atoms with E-state index in [2.05, 4.69) is 44.2 Å². The zero-order chi connectivity index (χ0) is 21.3. The Balaban J connectivity index is 1.64. The second kappa shape index (κ2) is 8.39. The molecule has 1 saturated carbocycles. The van der Waals surface area contributed by atoms with Gasteiger partial charge in [-0.3, -0.25) is 9.36 Å². The van der Waals surface area contributed by atoms with Crippen LogP contribution in [0.3, 0.4) is 0 Å². The molecule has 1 aliphatic carbocycles. The van der Waals surface area contributed by atoms with Crippen molar-refractivity contribution < 1.29 is 4.79 Å². The molecule has 1 N–H and O–H groups in total. The molecule has 1 aliphatic rings. The number of hydrogen-bond acceptors (Lipinski definition) is 6. The number of aryl methyl sites for hydroxylation is 1. The molecule has 0 bridgehead atoms. The largest absolute Gasteiger partial charge is 0.358 e. The van der Waals surface area contributed by atoms with Crippen molar-refractivity contribution in [2.75, 3.05) is 39.1 Å². The second-order valence-corrected chi connectivity index (χ2v) is 8.31. The number of fused-ring (bicyclic) bond motifs is 1. The minimum atomic E-state index is -0.0286. The van der Waals surface area contributed by atoms with Crippen LogP contribution in [0, 0.1) is 6.92 Å². The molecule has 3 aromatic rings. The van der Waals surface area contributed by atoms with Crippen LogP contribution in [0.1, 0.15) is 35.2 Å². The van der Waals surface area contributed by atoms with Crippen LogP contribution >= 0.6 is 0 Å². The predicted molar refractivity (Wildman–Crippen MR) is 118 cm³/mol. The van der Waals surface area contributed by atoms with Gasteiger partial charge < -0.3 is 15.1 Å². The molecule has 8 nitrogen and oxygen atoms in total. The maximum atomic E-state index is 12.5. The van der Waals surface area contributed by atoms with Gasteiger partial charge in [-0.15, -0.1) is 0 Å². The first-order valence-electron chi connectivity index (χ1n) is 10.4. The van der Waals surface area contributed by atoms with E-state index in [1.54, 1.807) is 12.7 Å². The number of imidazole rings is 1. The molecule has 0 saturated heterocycles. The number of carbonyl (C=O) groups excluding carboxylic acids is 1. The Kier molecular flexibility index (Phi) is 5.67. The van der Waals surface area contributed by atoms with Gasteiger partial charge in [0, 0.05) is 25.2 Å². The molecule has 0 atom stereocenters. The van der Waals surface area contributed by atoms with Crippen LogP contribution in [0.15, 0.2) is 30.9 Å². The standard InChI is InChI=1S/C22H29N7O/c1-15-6-7-16(22(30)26-17-8-9-17)12-18(15)29-14-25-19-20(23-13-24-21(19)29)28(4)11-5-10-27(2)3/h6-7,12-14,17H,5,8-11H2,1-4H3,(H,26,30). The molecule has 0 aliphatic heterocycles. The Morgan fingerprint density at radius 2 is 1.97 bits per heavy atom. The van der Waals surface area contributed by atoms with Crippen molar-refractivity contribution in [2.24, 2.45) is 0 Å². The number of hydrogen-bond donors (Lipinski definition) is 1. The summed E-state index contributed by atoms with van der Waals surface area (Å²) < 4.78 is 1.94. The van der Waals surface area contributed by atoms with Crippen molar-refractivity contribution in [1.29, 1.82) is 0 Å². The molecule has 0 spiro atoms. The molecule has 1 amide bonds. The Hall–Kier alpha value is -3.00. The average Bonchev–Trinajstić information content (AvgIpc) is 3.43. The summed E-state index contributed by atoms with van der Waals surface area (Å²) in [5.74, 6) is 0.789. The molecule has 158 valence electrons. The van der Waals surface area contributed by atoms with Gasteiger partial charge in [0.05, 0.1) is 5.69 Å². The number of rotatable bonds is 8. The van der Waals surface area contributed by atoms with Crippen LogP contribution in [0.25, 0.3) is 16.9 Å². The first kappa shape index (κ1) is 20.3. The summed E-state index contributed by atoms with van der Waals surface area (Å²) in [6.07, 6.45) is 6.52. The number of amides is 1. The molecule has 8 heteroatoms. The number of aromatic nitrogens is 4. The molecule has 2 heterocycles. The van der Waals surface area contributed by atoms with E-state index in [-0.39, 0.29) is 5.91 Å². The second-order valence-electron chi connectivity index (χ2n) is 8.31. The molecular weight excluding hydrogens is 378 g/mol. The third-order valence-electron chi connectivity index (χ3n) is 5.42. The van der Waals surface area contributed by atoms with Gasteiger partial charge in [0.2, 0.25) is 0 Å². The van der Waals surface area contributed by atoms with Gasteiger partial charge in [0.25, 0.3) is 5.91 Å². The van der Waals surface area contributed by atoms with Crippen LogP contribution in [0.5, 0.6) is 0 Å². The van der Waals surface area contributed by atoms with Crippen LogP contribution in [0.4, 0.5) is 5.82 Å². The van der Waals surface area contributed by atoms with E-state index in [0.717, 1.165) is 60.6 Å². The van der Waals surface area contributed by atoms with E-state index in [0.29, 0.717) is 11.6 Å². The minimum absolute atomic E-state index is 0.0286. The number of carbonyl (C=O) groups is 1. The Bertz CT molecular complexity index is 1050. The SMILES string of the molecule is Cc1ccc(C(=O)NC2CC2)cc1-n1cnc2c(N(C)CCCN(C)C)ncnc21. The maximum absolute atomic E-state index is 12.5. The fourth-order valence-corrected chi connectivity index (χ4v) is 3.51. The highest BCUT2D eigenvalue weighted by Crippen LogP contribution is 2.26. The lowest BCUT2D eigenvalue weighted by Crippen LogP contribution is -2.25. The normalized spacial score (nSPS) is 13.8. The smallest absolute Gasteiger partial charge is 0.251 e. The van der Waals surface area contributed by atoms with E-state index in [1.165, 1.54) is 0 Å². The first-order chi connectivity index (χ1) is 14.4. The zero-order valence-corrected chi connectivity index (χ0v) is 18.1. The summed E-state index contributed by atoms with van der Waals surface area (Å²) in [6, 6.07) is 6.08. The Morgan fingerprint density at radius 3 is 2.70 bits per heavy atom. The predicted octanol–water partition coefficient (Wildman–Crippen LogP) is 2.40. The highest BCUT2D eigenvalue weighted by atomic mass is 16.1. The minimum Gasteiger partial charge on any atom is -0.358 e. The van der Waals surface area contributed by atoms with Crippen molar-refractivity contribution >= 4 is 22.9 Å². The molecule has 2 aromatic heterocycles. The van der Waals surface area contributed by atoms with E-state index in [4.69, 9.17) is 0 Å². The molecule has 1 aromatic carbocycles. The Morgan fingerprint density at radius 1 is 1.17 bits per heavy atom. The quantitative estimate of drug-likeness (QED) is 0.618. The zero-order valence-electron chi connectivity index (χ0n) is 18.1. The lowest BCUT2D eigenvalue weighted by Gasteiger charge is -2.19. The summed E-state index contributed by atoms with van der Waals surface area (Å²) >= 11 is 0. The number of nitrogens with one attached hydrogen (secondary N) is 1. The number of nitrogens with zero attached hydrogens (tertiary/aromatic N) is 6. The number of benzene rings is 1. The van der Waals surface area contributed by atoms with Crippen molar-refractivity contribution in [3.63, 3.8) is 0 Å². The van der Waals surface area contributed by atoms with Crippen LogP contribution in [-0.2, 0) is 0 Å². The van der Waals surface area contributed by atoms with E-state index >= 15 is 0 Å². The van der Waals surface area contributed by atoms with E-state index in [1.807, 2.05) is 36.7 Å². The topological polar surface area (TPSA) is 79.2 Å². The summed E-state index contributed by atoms with van der Waals surface area (Å²) in [5.41, 5.74) is 4.11. The monoisotopic (exact) mass is 407 g/mol. The third kappa shape index (κ3) is 4.28. The van der Waals surface area contributed by atoms with Gasteiger partial charge >= 0.3 is 0 Å². The van der Waals surface area contributed by atoms with Gasteiger partial charge in [0.1, 0.15) is 12.7 Å². The van der Waals surface area contributed by atoms with Crippen molar-refractivity contribution in [3.05, 3.63) is 42.0 Å². The molecule has 30 heavy (non-hydrogen) atoms. The van der Waals surface area contributed by atoms with Crippen LogP contribution < -0.4 is 10.2 Å². The third-order valence-corrected chi connectivity index (χ3v) is 5.42. The van der Waals surface area contributed by atoms with Gasteiger partial charge in [0.15, 0.2) is 17.0 Å². The van der Waals surface area contributed by atoms with Crippen molar-refractivity contribution in [2.45, 2.75) is 32.2 Å². The Labute approximate surface area is 176 Å². The molecular formula is C22H29N7O. The van der Waals surface area contributed by atoms with Crippen LogP contribution in [0.2, 0.25) is 0 Å². The fourth-order valence-electron chi connectivity index (χ4n) is 3.51. The van der Waals surface area contributed by atoms with Crippen LogP contribution in [-0.4, -0.2) is 70.6 Å². The van der Waals surface area contributed by atoms with Gasteiger partial charge in [-0.2, -0.15) is 0 Å². The summed E-state index contributed by atoms with van der Waals surface area (Å²) in [6.45, 7) is 3.92. The number of anilines is 1. The summed E-state index contributed by atoms with van der Waals surface area (Å²) in [4.78, 5) is 30.4. The van der Waals surface area contributed by atoms with Crippen molar-refractivity contribution in [3.8, 4) is 5.69 Å². The van der Waals surface area contributed by atoms with Gasteiger partial charge in [-0.25, -0.2) is 15.0 Å². The molecule has 4 rings (SSSR count). The lowest BCUT2D eigenvalue weighted by atomic mass is 10.1. The highest BCUT2D eigenvalue weighted by molar-refractivity contribution is 5.95. The van der Waals surface area contributed by atoms with Gasteiger partial charge in [-0.05, 0) is 64.5 Å².